The van der Waals surface area contributed by atoms with Crippen molar-refractivity contribution < 1.29 is 9.53 Å². The molecule has 3 heterocycles. The molecule has 1 saturated carbocycles. The fourth-order valence-electron chi connectivity index (χ4n) is 4.66. The second-order valence-corrected chi connectivity index (χ2v) is 9.08. The average Bonchev–Trinajstić information content (AvgIpc) is 2.89. The van der Waals surface area contributed by atoms with Crippen molar-refractivity contribution in [2.24, 2.45) is 16.8 Å². The maximum absolute atomic E-state index is 11.7. The normalized spacial score (nSPS) is 18.1. The summed E-state index contributed by atoms with van der Waals surface area (Å²) in [6.45, 7) is 3.28. The standard InChI is InChI=1S/C26H35N5O2/c32-19-25(28-14-10-20-11-15-33-16-12-20)30-24-9-8-23(22-7-4-13-27-18-22)31-26(24)29-17-21-5-2-1-3-6-21/h4,7-9,13,18-21H,1-3,5-6,10-12,14-17H2,(H,28,30)(H,29,31). The van der Waals surface area contributed by atoms with Gasteiger partial charge in [0.2, 0.25) is 0 Å². The van der Waals surface area contributed by atoms with Crippen LogP contribution in [0.1, 0.15) is 51.4 Å². The summed E-state index contributed by atoms with van der Waals surface area (Å²) in [6.07, 6.45) is 14.0. The molecule has 2 N–H and O–H groups in total. The number of rotatable bonds is 9. The molecule has 7 nitrogen and oxygen atoms in total. The lowest BCUT2D eigenvalue weighted by molar-refractivity contribution is -0.102. The Morgan fingerprint density at radius 2 is 1.94 bits per heavy atom. The molecule has 1 aliphatic carbocycles. The highest BCUT2D eigenvalue weighted by Gasteiger charge is 2.16. The number of nitrogens with zero attached hydrogens (tertiary/aromatic N) is 3. The first-order valence-electron chi connectivity index (χ1n) is 12.3. The lowest BCUT2D eigenvalue weighted by Crippen LogP contribution is -2.28. The number of nitrogens with one attached hydrogen (secondary N) is 2. The smallest absolute Gasteiger partial charge is 0.185 e. The van der Waals surface area contributed by atoms with Crippen LogP contribution >= 0.6 is 0 Å². The summed E-state index contributed by atoms with van der Waals surface area (Å²) in [4.78, 5) is 25.4. The Hall–Kier alpha value is -2.80. The van der Waals surface area contributed by atoms with Crippen molar-refractivity contribution in [1.82, 2.24) is 15.3 Å². The Kier molecular flexibility index (Phi) is 8.81. The summed E-state index contributed by atoms with van der Waals surface area (Å²) in [6, 6.07) is 7.78. The Labute approximate surface area is 196 Å². The monoisotopic (exact) mass is 449 g/mol. The number of carbonyl (C=O) groups is 1. The maximum Gasteiger partial charge on any atom is 0.185 e. The van der Waals surface area contributed by atoms with Crippen molar-refractivity contribution in [3.8, 4) is 11.3 Å². The molecule has 0 atom stereocenters. The lowest BCUT2D eigenvalue weighted by atomic mass is 9.89. The van der Waals surface area contributed by atoms with Gasteiger partial charge in [-0.3, -0.25) is 9.78 Å². The number of pyridine rings is 2. The van der Waals surface area contributed by atoms with E-state index in [9.17, 15) is 4.79 Å². The molecule has 33 heavy (non-hydrogen) atoms. The summed E-state index contributed by atoms with van der Waals surface area (Å²) >= 11 is 0. The number of aldehydes is 1. The Morgan fingerprint density at radius 1 is 1.09 bits per heavy atom. The van der Waals surface area contributed by atoms with Gasteiger partial charge in [0.15, 0.2) is 17.9 Å². The van der Waals surface area contributed by atoms with Gasteiger partial charge in [-0.15, -0.1) is 0 Å². The molecule has 0 bridgehead atoms. The third kappa shape index (κ3) is 7.09. The third-order valence-corrected chi connectivity index (χ3v) is 6.67. The van der Waals surface area contributed by atoms with E-state index in [2.05, 4.69) is 20.6 Å². The Morgan fingerprint density at radius 3 is 2.70 bits per heavy atom. The first-order chi connectivity index (χ1) is 16.3. The van der Waals surface area contributed by atoms with Gasteiger partial charge in [0.1, 0.15) is 5.69 Å². The molecular weight excluding hydrogens is 414 g/mol. The second-order valence-electron chi connectivity index (χ2n) is 9.08. The van der Waals surface area contributed by atoms with E-state index < -0.39 is 0 Å². The van der Waals surface area contributed by atoms with Gasteiger partial charge >= 0.3 is 0 Å². The molecule has 1 aliphatic heterocycles. The number of aliphatic imine (C=N–C) groups is 1. The zero-order valence-corrected chi connectivity index (χ0v) is 19.3. The van der Waals surface area contributed by atoms with Gasteiger partial charge in [0, 0.05) is 44.3 Å². The zero-order chi connectivity index (χ0) is 22.7. The van der Waals surface area contributed by atoms with Gasteiger partial charge in [-0.2, -0.15) is 0 Å². The van der Waals surface area contributed by atoms with Gasteiger partial charge in [0.25, 0.3) is 0 Å². The van der Waals surface area contributed by atoms with Crippen LogP contribution in [0.3, 0.4) is 0 Å². The van der Waals surface area contributed by atoms with Crippen LogP contribution in [0, 0.1) is 11.8 Å². The molecule has 0 unspecified atom stereocenters. The van der Waals surface area contributed by atoms with Gasteiger partial charge in [-0.05, 0) is 68.2 Å². The summed E-state index contributed by atoms with van der Waals surface area (Å²) < 4.78 is 5.43. The lowest BCUT2D eigenvalue weighted by Gasteiger charge is -2.22. The molecule has 0 amide bonds. The summed E-state index contributed by atoms with van der Waals surface area (Å²) in [7, 11) is 0. The second kappa shape index (κ2) is 12.4. The van der Waals surface area contributed by atoms with Crippen molar-refractivity contribution >= 4 is 23.6 Å². The molecule has 2 aromatic rings. The van der Waals surface area contributed by atoms with Crippen molar-refractivity contribution in [2.45, 2.75) is 51.4 Å². The van der Waals surface area contributed by atoms with Crippen molar-refractivity contribution in [3.05, 3.63) is 36.7 Å². The highest BCUT2D eigenvalue weighted by molar-refractivity contribution is 6.27. The predicted molar refractivity (Wildman–Crippen MR) is 132 cm³/mol. The van der Waals surface area contributed by atoms with Crippen LogP contribution in [0.15, 0.2) is 41.7 Å². The minimum atomic E-state index is 0.346. The molecule has 0 spiro atoms. The quantitative estimate of drug-likeness (QED) is 0.326. The van der Waals surface area contributed by atoms with E-state index in [1.165, 1.54) is 32.1 Å². The molecule has 2 aliphatic rings. The van der Waals surface area contributed by atoms with Gasteiger partial charge in [0.05, 0.1) is 5.69 Å². The minimum absolute atomic E-state index is 0.346. The molecule has 176 valence electrons. The highest BCUT2D eigenvalue weighted by Crippen LogP contribution is 2.29. The van der Waals surface area contributed by atoms with Crippen LogP contribution in [0.2, 0.25) is 0 Å². The van der Waals surface area contributed by atoms with Crippen LogP contribution in [0.5, 0.6) is 0 Å². The maximum atomic E-state index is 11.7. The first kappa shape index (κ1) is 23.4. The molecular formula is C26H35N5O2. The molecule has 2 fully saturated rings. The minimum Gasteiger partial charge on any atom is -0.381 e. The Bertz CT molecular complexity index is 906. The molecule has 0 aromatic carbocycles. The van der Waals surface area contributed by atoms with Crippen LogP contribution in [0.25, 0.3) is 11.3 Å². The molecule has 2 aromatic heterocycles. The number of hydrogen-bond donors (Lipinski definition) is 2. The van der Waals surface area contributed by atoms with Crippen LogP contribution in [0.4, 0.5) is 11.5 Å². The van der Waals surface area contributed by atoms with Gasteiger partial charge in [-0.1, -0.05) is 19.3 Å². The molecule has 1 saturated heterocycles. The van der Waals surface area contributed by atoms with Crippen molar-refractivity contribution in [2.75, 3.05) is 31.6 Å². The fourth-order valence-corrected chi connectivity index (χ4v) is 4.66. The van der Waals surface area contributed by atoms with Gasteiger partial charge < -0.3 is 15.4 Å². The zero-order valence-electron chi connectivity index (χ0n) is 19.3. The molecule has 7 heteroatoms. The van der Waals surface area contributed by atoms with E-state index in [0.717, 1.165) is 63.1 Å². The number of hydrogen-bond acceptors (Lipinski definition) is 6. The summed E-state index contributed by atoms with van der Waals surface area (Å²) in [5.41, 5.74) is 2.48. The summed E-state index contributed by atoms with van der Waals surface area (Å²) in [5.74, 6) is 2.36. The van der Waals surface area contributed by atoms with E-state index in [4.69, 9.17) is 9.72 Å². The number of aromatic nitrogens is 2. The largest absolute Gasteiger partial charge is 0.381 e. The molecule has 4 rings (SSSR count). The number of anilines is 1. The van der Waals surface area contributed by atoms with Crippen LogP contribution in [-0.2, 0) is 9.53 Å². The van der Waals surface area contributed by atoms with E-state index in [0.29, 0.717) is 29.2 Å². The highest BCUT2D eigenvalue weighted by atomic mass is 16.5. The van der Waals surface area contributed by atoms with Crippen LogP contribution < -0.4 is 10.6 Å². The fraction of sp³-hybridized carbons (Fsp3) is 0.538. The van der Waals surface area contributed by atoms with Gasteiger partial charge in [-0.25, -0.2) is 9.98 Å². The van der Waals surface area contributed by atoms with Crippen molar-refractivity contribution in [3.63, 3.8) is 0 Å². The average molecular weight is 450 g/mol. The van der Waals surface area contributed by atoms with E-state index in [1.54, 1.807) is 6.20 Å². The van der Waals surface area contributed by atoms with E-state index in [1.807, 2.05) is 30.5 Å². The number of amidine groups is 1. The number of carbonyl (C=O) groups excluding carboxylic acids is 1. The van der Waals surface area contributed by atoms with E-state index in [-0.39, 0.29) is 0 Å². The molecule has 0 radical (unpaired) electrons. The van der Waals surface area contributed by atoms with Crippen molar-refractivity contribution in [1.29, 1.82) is 0 Å². The topological polar surface area (TPSA) is 88.5 Å². The third-order valence-electron chi connectivity index (χ3n) is 6.67. The first-order valence-corrected chi connectivity index (χ1v) is 12.3. The van der Waals surface area contributed by atoms with Crippen LogP contribution in [-0.4, -0.2) is 48.4 Å². The predicted octanol–water partition coefficient (Wildman–Crippen LogP) is 4.77. The SMILES string of the molecule is O=C/C(=N\c1ccc(-c2cccnc2)nc1NCC1CCCCC1)NCCC1CCOCC1. The summed E-state index contributed by atoms with van der Waals surface area (Å²) in [5, 5.41) is 6.75. The number of ether oxygens (including phenoxy) is 1. The van der Waals surface area contributed by atoms with E-state index >= 15 is 0 Å². The Balaban J connectivity index is 1.48.